The molecule has 0 amide bonds. The van der Waals surface area contributed by atoms with Gasteiger partial charge in [-0.25, -0.2) is 0 Å². The second-order valence-corrected chi connectivity index (χ2v) is 6.53. The molecule has 0 spiro atoms. The van der Waals surface area contributed by atoms with E-state index in [9.17, 15) is 0 Å². The van der Waals surface area contributed by atoms with Crippen LogP contribution < -0.4 is 5.32 Å². The topological polar surface area (TPSA) is 37.8 Å². The zero-order valence-electron chi connectivity index (χ0n) is 11.7. The van der Waals surface area contributed by atoms with Gasteiger partial charge in [-0.3, -0.25) is 0 Å². The molecule has 18 heavy (non-hydrogen) atoms. The molecule has 0 atom stereocenters. The first kappa shape index (κ1) is 13.6. The van der Waals surface area contributed by atoms with Gasteiger partial charge in [0.15, 0.2) is 11.0 Å². The SMILES string of the molecule is Cc1c(Cl)nnc(NC2CCC(C)(C)CC2)c1C. The average Bonchev–Trinajstić information content (AvgIpc) is 2.32. The predicted molar refractivity (Wildman–Crippen MR) is 76.2 cm³/mol. The fourth-order valence-electron chi connectivity index (χ4n) is 2.45. The summed E-state index contributed by atoms with van der Waals surface area (Å²) >= 11 is 5.96. The molecule has 0 radical (unpaired) electrons. The van der Waals surface area contributed by atoms with Crippen molar-refractivity contribution in [1.82, 2.24) is 10.2 Å². The fourth-order valence-corrected chi connectivity index (χ4v) is 2.63. The van der Waals surface area contributed by atoms with Crippen molar-refractivity contribution in [3.05, 3.63) is 16.3 Å². The summed E-state index contributed by atoms with van der Waals surface area (Å²) in [6.07, 6.45) is 4.94. The molecule has 3 nitrogen and oxygen atoms in total. The van der Waals surface area contributed by atoms with E-state index in [4.69, 9.17) is 11.6 Å². The Morgan fingerprint density at radius 3 is 2.33 bits per heavy atom. The Kier molecular flexibility index (Phi) is 3.81. The molecule has 0 aliphatic heterocycles. The highest BCUT2D eigenvalue weighted by Gasteiger charge is 2.27. The number of anilines is 1. The standard InChI is InChI=1S/C14H22ClN3/c1-9-10(2)13(18-17-12(9)15)16-11-5-7-14(3,4)8-6-11/h11H,5-8H2,1-4H3,(H,16,18). The van der Waals surface area contributed by atoms with E-state index in [1.807, 2.05) is 13.8 Å². The Balaban J connectivity index is 2.05. The van der Waals surface area contributed by atoms with E-state index in [1.54, 1.807) is 0 Å². The van der Waals surface area contributed by atoms with Crippen molar-refractivity contribution in [2.24, 2.45) is 5.41 Å². The Bertz CT molecular complexity index is 433. The fraction of sp³-hybridized carbons (Fsp3) is 0.714. The molecule has 0 unspecified atom stereocenters. The molecule has 0 aromatic carbocycles. The molecule has 4 heteroatoms. The van der Waals surface area contributed by atoms with Gasteiger partial charge in [-0.2, -0.15) is 0 Å². The number of nitrogens with one attached hydrogen (secondary N) is 1. The molecule has 1 aliphatic carbocycles. The molecule has 1 saturated carbocycles. The van der Waals surface area contributed by atoms with Crippen LogP contribution in [0.1, 0.15) is 50.7 Å². The second kappa shape index (κ2) is 5.04. The summed E-state index contributed by atoms with van der Waals surface area (Å²) in [5, 5.41) is 12.2. The lowest BCUT2D eigenvalue weighted by molar-refractivity contribution is 0.232. The lowest BCUT2D eigenvalue weighted by Gasteiger charge is -2.35. The Hall–Kier alpha value is -0.830. The van der Waals surface area contributed by atoms with Crippen LogP contribution in [0.5, 0.6) is 0 Å². The summed E-state index contributed by atoms with van der Waals surface area (Å²) in [6.45, 7) is 8.73. The number of halogens is 1. The summed E-state index contributed by atoms with van der Waals surface area (Å²) in [5.74, 6) is 0.890. The largest absolute Gasteiger partial charge is 0.366 e. The van der Waals surface area contributed by atoms with Gasteiger partial charge < -0.3 is 5.32 Å². The summed E-state index contributed by atoms with van der Waals surface area (Å²) in [7, 11) is 0. The van der Waals surface area contributed by atoms with E-state index in [2.05, 4.69) is 29.4 Å². The quantitative estimate of drug-likeness (QED) is 0.876. The molecule has 1 fully saturated rings. The van der Waals surface area contributed by atoms with Gasteiger partial charge >= 0.3 is 0 Å². The van der Waals surface area contributed by atoms with Crippen molar-refractivity contribution >= 4 is 17.4 Å². The van der Waals surface area contributed by atoms with E-state index in [0.717, 1.165) is 16.9 Å². The van der Waals surface area contributed by atoms with Crippen LogP contribution >= 0.6 is 11.6 Å². The smallest absolute Gasteiger partial charge is 0.155 e. The molecule has 1 aliphatic rings. The zero-order chi connectivity index (χ0) is 13.3. The molecular formula is C14H22ClN3. The van der Waals surface area contributed by atoms with Gasteiger partial charge in [0.2, 0.25) is 0 Å². The maximum absolute atomic E-state index is 5.96. The normalized spacial score (nSPS) is 19.8. The lowest BCUT2D eigenvalue weighted by Crippen LogP contribution is -2.30. The van der Waals surface area contributed by atoms with Crippen LogP contribution in [-0.2, 0) is 0 Å². The number of aromatic nitrogens is 2. The van der Waals surface area contributed by atoms with E-state index >= 15 is 0 Å². The third kappa shape index (κ3) is 2.94. The van der Waals surface area contributed by atoms with Gasteiger partial charge in [0.25, 0.3) is 0 Å². The van der Waals surface area contributed by atoms with Crippen LogP contribution in [0.2, 0.25) is 5.15 Å². The Morgan fingerprint density at radius 1 is 1.11 bits per heavy atom. The van der Waals surface area contributed by atoms with Gasteiger partial charge in [-0.1, -0.05) is 25.4 Å². The molecule has 1 heterocycles. The van der Waals surface area contributed by atoms with Gasteiger partial charge in [-0.15, -0.1) is 10.2 Å². The van der Waals surface area contributed by atoms with Crippen molar-refractivity contribution in [1.29, 1.82) is 0 Å². The van der Waals surface area contributed by atoms with Crippen molar-refractivity contribution in [2.45, 2.75) is 59.4 Å². The van der Waals surface area contributed by atoms with Crippen molar-refractivity contribution in [3.63, 3.8) is 0 Å². The third-order valence-corrected chi connectivity index (χ3v) is 4.50. The molecule has 0 bridgehead atoms. The van der Waals surface area contributed by atoms with Crippen LogP contribution in [0, 0.1) is 19.3 Å². The molecule has 0 saturated heterocycles. The van der Waals surface area contributed by atoms with Crippen molar-refractivity contribution in [2.75, 3.05) is 5.32 Å². The molecular weight excluding hydrogens is 246 g/mol. The van der Waals surface area contributed by atoms with Crippen molar-refractivity contribution < 1.29 is 0 Å². The van der Waals surface area contributed by atoms with Crippen LogP contribution in [0.3, 0.4) is 0 Å². The van der Waals surface area contributed by atoms with Crippen molar-refractivity contribution in [3.8, 4) is 0 Å². The van der Waals surface area contributed by atoms with E-state index in [-0.39, 0.29) is 0 Å². The summed E-state index contributed by atoms with van der Waals surface area (Å²) in [4.78, 5) is 0. The Morgan fingerprint density at radius 2 is 1.72 bits per heavy atom. The molecule has 1 aromatic heterocycles. The van der Waals surface area contributed by atoms with Gasteiger partial charge in [0.05, 0.1) is 0 Å². The maximum atomic E-state index is 5.96. The number of nitrogens with zero attached hydrogens (tertiary/aromatic N) is 2. The lowest BCUT2D eigenvalue weighted by atomic mass is 9.75. The molecule has 1 aromatic rings. The minimum Gasteiger partial charge on any atom is -0.366 e. The van der Waals surface area contributed by atoms with Gasteiger partial charge in [-0.05, 0) is 56.1 Å². The summed E-state index contributed by atoms with van der Waals surface area (Å²) in [5.41, 5.74) is 2.62. The number of hydrogen-bond acceptors (Lipinski definition) is 3. The van der Waals surface area contributed by atoms with Crippen LogP contribution in [0.15, 0.2) is 0 Å². The average molecular weight is 268 g/mol. The first-order valence-electron chi connectivity index (χ1n) is 6.65. The summed E-state index contributed by atoms with van der Waals surface area (Å²) < 4.78 is 0. The van der Waals surface area contributed by atoms with E-state index < -0.39 is 0 Å². The minimum atomic E-state index is 0.495. The summed E-state index contributed by atoms with van der Waals surface area (Å²) in [6, 6.07) is 0.520. The van der Waals surface area contributed by atoms with Gasteiger partial charge in [0, 0.05) is 6.04 Å². The number of hydrogen-bond donors (Lipinski definition) is 1. The van der Waals surface area contributed by atoms with E-state index in [0.29, 0.717) is 16.6 Å². The molecule has 1 N–H and O–H groups in total. The number of rotatable bonds is 2. The zero-order valence-corrected chi connectivity index (χ0v) is 12.4. The third-order valence-electron chi connectivity index (χ3n) is 4.14. The van der Waals surface area contributed by atoms with E-state index in [1.165, 1.54) is 25.7 Å². The Labute approximate surface area is 114 Å². The van der Waals surface area contributed by atoms with Crippen LogP contribution in [0.25, 0.3) is 0 Å². The molecule has 100 valence electrons. The molecule has 2 rings (SSSR count). The van der Waals surface area contributed by atoms with Crippen LogP contribution in [-0.4, -0.2) is 16.2 Å². The highest BCUT2D eigenvalue weighted by molar-refractivity contribution is 6.30. The first-order chi connectivity index (χ1) is 8.39. The minimum absolute atomic E-state index is 0.495. The second-order valence-electron chi connectivity index (χ2n) is 6.17. The first-order valence-corrected chi connectivity index (χ1v) is 7.03. The highest BCUT2D eigenvalue weighted by Crippen LogP contribution is 2.36. The van der Waals surface area contributed by atoms with Crippen LogP contribution in [0.4, 0.5) is 5.82 Å². The predicted octanol–water partition coefficient (Wildman–Crippen LogP) is 4.13. The maximum Gasteiger partial charge on any atom is 0.155 e. The monoisotopic (exact) mass is 267 g/mol. The highest BCUT2D eigenvalue weighted by atomic mass is 35.5. The van der Waals surface area contributed by atoms with Gasteiger partial charge in [0.1, 0.15) is 0 Å².